The van der Waals surface area contributed by atoms with Crippen LogP contribution in [0.3, 0.4) is 0 Å². The number of carbonyl (C=O) groups excluding carboxylic acids is 2. The summed E-state index contributed by atoms with van der Waals surface area (Å²) < 4.78 is 20.9. The summed E-state index contributed by atoms with van der Waals surface area (Å²) in [5.41, 5.74) is 2.34. The van der Waals surface area contributed by atoms with Crippen LogP contribution in [0.15, 0.2) is 72.8 Å². The Morgan fingerprint density at radius 2 is 1.74 bits per heavy atom. The van der Waals surface area contributed by atoms with Crippen molar-refractivity contribution in [3.8, 4) is 5.75 Å². The third kappa shape index (κ3) is 6.34. The fraction of sp³-hybridized carbons (Fsp3) is 0.310. The molecule has 38 heavy (non-hydrogen) atoms. The number of hydrogen-bond donors (Lipinski definition) is 1. The Kier molecular flexibility index (Phi) is 8.68. The van der Waals surface area contributed by atoms with E-state index < -0.39 is 11.9 Å². The number of nitrogens with zero attached hydrogens (tertiary/aromatic N) is 4. The minimum atomic E-state index is -1.04. The molecule has 0 fully saturated rings. The SMILES string of the molecule is CCOc1ccc(N(C(=O)Cn2nnc3ccccc32)C(C(=O)NCCC(C)C)c2ccc(F)cc2)cc1. The molecule has 2 amide bonds. The first kappa shape index (κ1) is 26.8. The number of aromatic nitrogens is 3. The molecule has 0 aliphatic carbocycles. The van der Waals surface area contributed by atoms with E-state index in [1.54, 1.807) is 24.3 Å². The summed E-state index contributed by atoms with van der Waals surface area (Å²) in [6.45, 7) is 6.83. The quantitative estimate of drug-likeness (QED) is 0.306. The zero-order valence-corrected chi connectivity index (χ0v) is 21.8. The van der Waals surface area contributed by atoms with E-state index in [1.807, 2.05) is 31.2 Å². The summed E-state index contributed by atoms with van der Waals surface area (Å²) in [6, 6.07) is 18.9. The molecule has 1 unspecified atom stereocenters. The molecule has 0 saturated heterocycles. The largest absolute Gasteiger partial charge is 0.494 e. The van der Waals surface area contributed by atoms with Crippen LogP contribution < -0.4 is 15.0 Å². The molecule has 1 aromatic heterocycles. The maximum atomic E-state index is 14.0. The van der Waals surface area contributed by atoms with Crippen molar-refractivity contribution in [3.63, 3.8) is 0 Å². The third-order valence-corrected chi connectivity index (χ3v) is 6.11. The summed E-state index contributed by atoms with van der Waals surface area (Å²) in [7, 11) is 0. The minimum absolute atomic E-state index is 0.148. The summed E-state index contributed by atoms with van der Waals surface area (Å²) >= 11 is 0. The lowest BCUT2D eigenvalue weighted by atomic mass is 10.0. The van der Waals surface area contributed by atoms with E-state index >= 15 is 0 Å². The van der Waals surface area contributed by atoms with Gasteiger partial charge in [0.05, 0.1) is 12.1 Å². The van der Waals surface area contributed by atoms with Crippen molar-refractivity contribution < 1.29 is 18.7 Å². The minimum Gasteiger partial charge on any atom is -0.494 e. The van der Waals surface area contributed by atoms with Crippen molar-refractivity contribution >= 4 is 28.5 Å². The topological polar surface area (TPSA) is 89.3 Å². The van der Waals surface area contributed by atoms with Crippen molar-refractivity contribution in [1.82, 2.24) is 20.3 Å². The van der Waals surface area contributed by atoms with Gasteiger partial charge in [-0.15, -0.1) is 5.10 Å². The zero-order chi connectivity index (χ0) is 27.1. The van der Waals surface area contributed by atoms with Gasteiger partial charge in [-0.3, -0.25) is 14.5 Å². The fourth-order valence-corrected chi connectivity index (χ4v) is 4.19. The Morgan fingerprint density at radius 3 is 2.42 bits per heavy atom. The number of para-hydroxylation sites is 1. The highest BCUT2D eigenvalue weighted by Gasteiger charge is 2.33. The number of benzene rings is 3. The molecule has 3 aromatic carbocycles. The average molecular weight is 518 g/mol. The van der Waals surface area contributed by atoms with Gasteiger partial charge in [0.1, 0.15) is 29.7 Å². The van der Waals surface area contributed by atoms with Crippen LogP contribution in [-0.2, 0) is 16.1 Å². The third-order valence-electron chi connectivity index (χ3n) is 6.11. The first-order chi connectivity index (χ1) is 18.4. The van der Waals surface area contributed by atoms with Crippen LogP contribution in [0.5, 0.6) is 5.75 Å². The maximum Gasteiger partial charge on any atom is 0.249 e. The Morgan fingerprint density at radius 1 is 1.03 bits per heavy atom. The lowest BCUT2D eigenvalue weighted by Crippen LogP contribution is -2.45. The van der Waals surface area contributed by atoms with Crippen LogP contribution in [0.25, 0.3) is 11.0 Å². The zero-order valence-electron chi connectivity index (χ0n) is 21.8. The molecule has 198 valence electrons. The number of anilines is 1. The molecule has 8 nitrogen and oxygen atoms in total. The second kappa shape index (κ2) is 12.3. The van der Waals surface area contributed by atoms with Gasteiger partial charge in [0.15, 0.2) is 0 Å². The van der Waals surface area contributed by atoms with Crippen LogP contribution in [0.2, 0.25) is 0 Å². The highest BCUT2D eigenvalue weighted by molar-refractivity contribution is 6.01. The number of amides is 2. The summed E-state index contributed by atoms with van der Waals surface area (Å²) in [5, 5.41) is 11.3. The van der Waals surface area contributed by atoms with Crippen LogP contribution >= 0.6 is 0 Å². The van der Waals surface area contributed by atoms with E-state index in [0.29, 0.717) is 47.1 Å². The molecule has 9 heteroatoms. The predicted molar refractivity (Wildman–Crippen MR) is 144 cm³/mol. The highest BCUT2D eigenvalue weighted by atomic mass is 19.1. The van der Waals surface area contributed by atoms with Crippen molar-refractivity contribution in [1.29, 1.82) is 0 Å². The second-order valence-electron chi connectivity index (χ2n) is 9.35. The number of nitrogens with one attached hydrogen (secondary N) is 1. The lowest BCUT2D eigenvalue weighted by Gasteiger charge is -2.32. The standard InChI is InChI=1S/C29H32FN5O3/c1-4-38-24-15-13-23(14-16-24)35(27(36)19-34-26-8-6-5-7-25(26)32-33-34)28(21-9-11-22(30)12-10-21)29(37)31-18-17-20(2)3/h5-16,20,28H,4,17-19H2,1-3H3,(H,31,37). The van der Waals surface area contributed by atoms with Crippen molar-refractivity contribution in [2.75, 3.05) is 18.1 Å². The van der Waals surface area contributed by atoms with Gasteiger partial charge in [-0.05, 0) is 73.4 Å². The Labute approximate surface area is 221 Å². The number of carbonyl (C=O) groups is 2. The molecule has 0 bridgehead atoms. The van der Waals surface area contributed by atoms with Crippen molar-refractivity contribution in [2.45, 2.75) is 39.8 Å². The van der Waals surface area contributed by atoms with Gasteiger partial charge in [0.25, 0.3) is 0 Å². The molecule has 4 rings (SSSR count). The summed E-state index contributed by atoms with van der Waals surface area (Å²) in [6.07, 6.45) is 0.782. The Hall–Kier alpha value is -4.27. The van der Waals surface area contributed by atoms with Crippen LogP contribution in [0.1, 0.15) is 38.8 Å². The smallest absolute Gasteiger partial charge is 0.249 e. The van der Waals surface area contributed by atoms with E-state index in [9.17, 15) is 14.0 Å². The molecule has 0 aliphatic heterocycles. The van der Waals surface area contributed by atoms with Crippen LogP contribution in [0.4, 0.5) is 10.1 Å². The average Bonchev–Trinajstić information content (AvgIpc) is 3.31. The molecular formula is C29H32FN5O3. The first-order valence-electron chi connectivity index (χ1n) is 12.7. The number of ether oxygens (including phenoxy) is 1. The predicted octanol–water partition coefficient (Wildman–Crippen LogP) is 4.91. The van der Waals surface area contributed by atoms with Gasteiger partial charge in [-0.1, -0.05) is 43.3 Å². The Balaban J connectivity index is 1.75. The monoisotopic (exact) mass is 517 g/mol. The van der Waals surface area contributed by atoms with E-state index in [2.05, 4.69) is 29.5 Å². The number of hydrogen-bond acceptors (Lipinski definition) is 5. The van der Waals surface area contributed by atoms with E-state index in [-0.39, 0.29) is 18.4 Å². The van der Waals surface area contributed by atoms with Crippen LogP contribution in [-0.4, -0.2) is 40.0 Å². The molecule has 0 aliphatic rings. The molecule has 0 radical (unpaired) electrons. The molecule has 0 spiro atoms. The normalized spacial score (nSPS) is 11.9. The van der Waals surface area contributed by atoms with Crippen LogP contribution in [0, 0.1) is 11.7 Å². The Bertz CT molecular complexity index is 1370. The fourth-order valence-electron chi connectivity index (χ4n) is 4.19. The van der Waals surface area contributed by atoms with Gasteiger partial charge in [-0.25, -0.2) is 9.07 Å². The second-order valence-corrected chi connectivity index (χ2v) is 9.35. The molecule has 1 heterocycles. The number of halogens is 1. The molecule has 1 atom stereocenters. The van der Waals surface area contributed by atoms with Gasteiger partial charge in [0, 0.05) is 12.2 Å². The van der Waals surface area contributed by atoms with Crippen molar-refractivity contribution in [3.05, 3.63) is 84.2 Å². The summed E-state index contributed by atoms with van der Waals surface area (Å²) in [4.78, 5) is 29.1. The maximum absolute atomic E-state index is 14.0. The van der Waals surface area contributed by atoms with Gasteiger partial charge < -0.3 is 10.1 Å². The van der Waals surface area contributed by atoms with Gasteiger partial charge >= 0.3 is 0 Å². The van der Waals surface area contributed by atoms with Gasteiger partial charge in [-0.2, -0.15) is 0 Å². The molecular weight excluding hydrogens is 485 g/mol. The summed E-state index contributed by atoms with van der Waals surface area (Å²) in [5.74, 6) is -0.128. The van der Waals surface area contributed by atoms with Gasteiger partial charge in [0.2, 0.25) is 11.8 Å². The van der Waals surface area contributed by atoms with E-state index in [0.717, 1.165) is 6.42 Å². The van der Waals surface area contributed by atoms with E-state index in [4.69, 9.17) is 4.74 Å². The number of fused-ring (bicyclic) bond motifs is 1. The lowest BCUT2D eigenvalue weighted by molar-refractivity contribution is -0.127. The molecule has 1 N–H and O–H groups in total. The van der Waals surface area contributed by atoms with E-state index in [1.165, 1.54) is 33.8 Å². The first-order valence-corrected chi connectivity index (χ1v) is 12.7. The number of rotatable bonds is 11. The molecule has 4 aromatic rings. The van der Waals surface area contributed by atoms with Crippen molar-refractivity contribution in [2.24, 2.45) is 5.92 Å². The highest BCUT2D eigenvalue weighted by Crippen LogP contribution is 2.30. The molecule has 0 saturated carbocycles.